The number of rotatable bonds is 5. The average Bonchev–Trinajstić information content (AvgIpc) is 3.35. The van der Waals surface area contributed by atoms with Crippen LogP contribution < -0.4 is 4.74 Å². The topological polar surface area (TPSA) is 84.1 Å². The molecule has 0 bridgehead atoms. The molecule has 0 fully saturated rings. The van der Waals surface area contributed by atoms with E-state index in [1.165, 1.54) is 0 Å². The number of hydrogen-bond donors (Lipinski definition) is 2. The molecule has 192 valence electrons. The van der Waals surface area contributed by atoms with Gasteiger partial charge in [-0.25, -0.2) is 14.2 Å². The van der Waals surface area contributed by atoms with Gasteiger partial charge in [0.2, 0.25) is 0 Å². The molecule has 0 spiro atoms. The molecular formula is C31H27FN2O4. The van der Waals surface area contributed by atoms with Gasteiger partial charge in [0, 0.05) is 34.7 Å². The van der Waals surface area contributed by atoms with Crippen molar-refractivity contribution < 1.29 is 24.1 Å². The minimum absolute atomic E-state index is 0.218. The molecular weight excluding hydrogens is 483 g/mol. The van der Waals surface area contributed by atoms with Gasteiger partial charge in [-0.15, -0.1) is 0 Å². The quantitative estimate of drug-likeness (QED) is 0.322. The molecule has 2 aliphatic rings. The van der Waals surface area contributed by atoms with Crippen LogP contribution in [-0.2, 0) is 11.2 Å². The minimum atomic E-state index is -1.71. The molecule has 38 heavy (non-hydrogen) atoms. The van der Waals surface area contributed by atoms with Crippen molar-refractivity contribution >= 4 is 17.2 Å². The van der Waals surface area contributed by atoms with Crippen molar-refractivity contribution in [1.82, 2.24) is 9.38 Å². The number of halogens is 1. The van der Waals surface area contributed by atoms with Gasteiger partial charge in [-0.05, 0) is 79.1 Å². The summed E-state index contributed by atoms with van der Waals surface area (Å²) in [4.78, 5) is 16.8. The van der Waals surface area contributed by atoms with Crippen LogP contribution in [0.25, 0.3) is 33.6 Å². The maximum Gasteiger partial charge on any atom is 0.337 e. The second kappa shape index (κ2) is 9.58. The van der Waals surface area contributed by atoms with Gasteiger partial charge in [-0.1, -0.05) is 30.3 Å². The SMILES string of the molecule is Cc1cn2cc(-c3cccc(C4=CCCC=C4F)c3)nc2c(-c2ccc3c(c2)CCCO3)c1C(O)C(=O)O. The molecule has 6 nitrogen and oxygen atoms in total. The Bertz CT molecular complexity index is 1650. The summed E-state index contributed by atoms with van der Waals surface area (Å²) >= 11 is 0. The summed E-state index contributed by atoms with van der Waals surface area (Å²) < 4.78 is 22.2. The van der Waals surface area contributed by atoms with Crippen LogP contribution >= 0.6 is 0 Å². The largest absolute Gasteiger partial charge is 0.493 e. The van der Waals surface area contributed by atoms with E-state index in [4.69, 9.17) is 9.72 Å². The Morgan fingerprint density at radius 3 is 2.71 bits per heavy atom. The number of aliphatic hydroxyl groups excluding tert-OH is 1. The second-order valence-corrected chi connectivity index (χ2v) is 9.80. The number of carboxylic acid groups (broad SMARTS) is 1. The highest BCUT2D eigenvalue weighted by Crippen LogP contribution is 2.39. The highest BCUT2D eigenvalue weighted by atomic mass is 19.1. The first-order chi connectivity index (χ1) is 18.4. The molecule has 1 aliphatic carbocycles. The molecule has 2 aromatic heterocycles. The first kappa shape index (κ1) is 24.1. The maximum absolute atomic E-state index is 14.5. The van der Waals surface area contributed by atoms with E-state index in [-0.39, 0.29) is 5.83 Å². The molecule has 0 radical (unpaired) electrons. The van der Waals surface area contributed by atoms with Crippen molar-refractivity contribution in [3.63, 3.8) is 0 Å². The van der Waals surface area contributed by atoms with Crippen LogP contribution in [0.3, 0.4) is 0 Å². The number of carbonyl (C=O) groups is 1. The number of imidazole rings is 1. The van der Waals surface area contributed by atoms with E-state index >= 15 is 0 Å². The molecule has 0 saturated heterocycles. The summed E-state index contributed by atoms with van der Waals surface area (Å²) in [5.74, 6) is -0.719. The lowest BCUT2D eigenvalue weighted by Crippen LogP contribution is -2.15. The van der Waals surface area contributed by atoms with Crippen LogP contribution in [0, 0.1) is 6.92 Å². The van der Waals surface area contributed by atoms with E-state index < -0.39 is 12.1 Å². The molecule has 2 aromatic carbocycles. The molecule has 7 heteroatoms. The molecule has 2 N–H and O–H groups in total. The van der Waals surface area contributed by atoms with E-state index in [1.54, 1.807) is 19.2 Å². The lowest BCUT2D eigenvalue weighted by Gasteiger charge is -2.20. The fraction of sp³-hybridized carbons (Fsp3) is 0.226. The van der Waals surface area contributed by atoms with Crippen molar-refractivity contribution in [2.75, 3.05) is 6.61 Å². The van der Waals surface area contributed by atoms with Gasteiger partial charge in [0.1, 0.15) is 17.2 Å². The number of ether oxygens (including phenoxy) is 1. The molecule has 1 unspecified atom stereocenters. The fourth-order valence-corrected chi connectivity index (χ4v) is 5.44. The molecule has 1 atom stereocenters. The zero-order valence-corrected chi connectivity index (χ0v) is 20.9. The number of fused-ring (bicyclic) bond motifs is 2. The standard InChI is InChI=1S/C31H27FN2O4/c1-18-16-34-17-25(20-7-4-6-19(14-20)23-9-2-3-10-24(23)32)33-30(34)28(27(18)29(35)31(36)37)22-11-12-26-21(15-22)8-5-13-38-26/h4,6-7,9-12,14-17,29,35H,2-3,5,8,13H2,1H3,(H,36,37). The van der Waals surface area contributed by atoms with E-state index in [2.05, 4.69) is 0 Å². The molecule has 3 heterocycles. The first-order valence-electron chi connectivity index (χ1n) is 12.8. The number of nitrogens with zero attached hydrogens (tertiary/aromatic N) is 2. The number of aryl methyl sites for hydroxylation is 2. The first-order valence-corrected chi connectivity index (χ1v) is 12.8. The molecule has 0 amide bonds. The highest BCUT2D eigenvalue weighted by Gasteiger charge is 2.27. The Balaban J connectivity index is 1.54. The zero-order chi connectivity index (χ0) is 26.4. The van der Waals surface area contributed by atoms with E-state index in [9.17, 15) is 19.4 Å². The number of hydrogen-bond acceptors (Lipinski definition) is 4. The van der Waals surface area contributed by atoms with Crippen molar-refractivity contribution in [2.45, 2.75) is 38.7 Å². The summed E-state index contributed by atoms with van der Waals surface area (Å²) in [6.45, 7) is 2.46. The number of benzene rings is 2. The van der Waals surface area contributed by atoms with Crippen molar-refractivity contribution in [3.8, 4) is 28.1 Å². The molecule has 0 saturated carbocycles. The number of aliphatic hydroxyl groups is 1. The Morgan fingerprint density at radius 1 is 1.08 bits per heavy atom. The highest BCUT2D eigenvalue weighted by molar-refractivity contribution is 5.89. The monoisotopic (exact) mass is 510 g/mol. The van der Waals surface area contributed by atoms with Gasteiger partial charge in [0.15, 0.2) is 6.10 Å². The lowest BCUT2D eigenvalue weighted by molar-refractivity contribution is -0.146. The van der Waals surface area contributed by atoms with Crippen LogP contribution in [0.1, 0.15) is 47.6 Å². The van der Waals surface area contributed by atoms with Gasteiger partial charge in [0.25, 0.3) is 0 Å². The third kappa shape index (κ3) is 4.19. The minimum Gasteiger partial charge on any atom is -0.493 e. The smallest absolute Gasteiger partial charge is 0.337 e. The van der Waals surface area contributed by atoms with E-state index in [0.717, 1.165) is 47.3 Å². The van der Waals surface area contributed by atoms with Crippen LogP contribution in [-0.4, -0.2) is 32.2 Å². The molecule has 1 aliphatic heterocycles. The van der Waals surface area contributed by atoms with Crippen LogP contribution in [0.5, 0.6) is 5.75 Å². The van der Waals surface area contributed by atoms with Gasteiger partial charge in [-0.2, -0.15) is 0 Å². The van der Waals surface area contributed by atoms with Gasteiger partial charge in [-0.3, -0.25) is 0 Å². The Hall–Kier alpha value is -4.23. The van der Waals surface area contributed by atoms with Crippen LogP contribution in [0.2, 0.25) is 0 Å². The average molecular weight is 511 g/mol. The number of pyridine rings is 1. The maximum atomic E-state index is 14.5. The third-order valence-corrected chi connectivity index (χ3v) is 7.25. The van der Waals surface area contributed by atoms with Crippen LogP contribution in [0.15, 0.2) is 72.8 Å². The van der Waals surface area contributed by atoms with Gasteiger partial charge < -0.3 is 19.4 Å². The summed E-state index contributed by atoms with van der Waals surface area (Å²) in [6, 6.07) is 13.4. The normalized spacial score (nSPS) is 15.9. The predicted molar refractivity (Wildman–Crippen MR) is 144 cm³/mol. The fourth-order valence-electron chi connectivity index (χ4n) is 5.44. The third-order valence-electron chi connectivity index (χ3n) is 7.25. The van der Waals surface area contributed by atoms with E-state index in [0.29, 0.717) is 46.6 Å². The van der Waals surface area contributed by atoms with Gasteiger partial charge in [0.05, 0.1) is 12.3 Å². The lowest BCUT2D eigenvalue weighted by atomic mass is 9.92. The predicted octanol–water partition coefficient (Wildman–Crippen LogP) is 6.45. The number of carboxylic acids is 1. The number of aliphatic carboxylic acids is 1. The number of aromatic nitrogens is 2. The van der Waals surface area contributed by atoms with Crippen molar-refractivity contribution in [2.24, 2.45) is 0 Å². The Kier molecular flexibility index (Phi) is 6.08. The number of allylic oxidation sites excluding steroid dienone is 4. The Morgan fingerprint density at radius 2 is 1.89 bits per heavy atom. The second-order valence-electron chi connectivity index (χ2n) is 9.80. The van der Waals surface area contributed by atoms with Crippen molar-refractivity contribution in [3.05, 3.63) is 95.1 Å². The zero-order valence-electron chi connectivity index (χ0n) is 20.9. The van der Waals surface area contributed by atoms with Gasteiger partial charge >= 0.3 is 5.97 Å². The van der Waals surface area contributed by atoms with Crippen molar-refractivity contribution in [1.29, 1.82) is 0 Å². The summed E-state index contributed by atoms with van der Waals surface area (Å²) in [5, 5.41) is 20.5. The molecule has 4 aromatic rings. The summed E-state index contributed by atoms with van der Waals surface area (Å²) in [5.41, 5.74) is 6.70. The summed E-state index contributed by atoms with van der Waals surface area (Å²) in [7, 11) is 0. The van der Waals surface area contributed by atoms with Crippen LogP contribution in [0.4, 0.5) is 4.39 Å². The Labute approximate surface area is 219 Å². The van der Waals surface area contributed by atoms with E-state index in [1.807, 2.05) is 59.1 Å². The summed E-state index contributed by atoms with van der Waals surface area (Å²) in [6.07, 6.45) is 8.74. The molecule has 6 rings (SSSR count).